The van der Waals surface area contributed by atoms with Crippen LogP contribution < -0.4 is 5.32 Å². The van der Waals surface area contributed by atoms with Gasteiger partial charge in [-0.3, -0.25) is 4.68 Å². The zero-order valence-electron chi connectivity index (χ0n) is 12.2. The molecular formula is C16H23N3O. The SMILES string of the molecule is CC(CCc1ccc(O)cc1)NCCc1ccnn1C. The van der Waals surface area contributed by atoms with E-state index in [1.54, 1.807) is 12.1 Å². The van der Waals surface area contributed by atoms with Crippen LogP contribution in [0.1, 0.15) is 24.6 Å². The number of nitrogens with zero attached hydrogens (tertiary/aromatic N) is 2. The number of hydrogen-bond acceptors (Lipinski definition) is 3. The van der Waals surface area contributed by atoms with Gasteiger partial charge in [-0.1, -0.05) is 12.1 Å². The molecule has 2 rings (SSSR count). The van der Waals surface area contributed by atoms with Gasteiger partial charge in [-0.05, 0) is 43.5 Å². The summed E-state index contributed by atoms with van der Waals surface area (Å²) in [5, 5.41) is 16.9. The number of aryl methyl sites for hydroxylation is 2. The molecule has 0 fully saturated rings. The van der Waals surface area contributed by atoms with Crippen molar-refractivity contribution in [3.05, 3.63) is 47.8 Å². The fraction of sp³-hybridized carbons (Fsp3) is 0.438. The van der Waals surface area contributed by atoms with Crippen molar-refractivity contribution in [3.8, 4) is 5.75 Å². The van der Waals surface area contributed by atoms with Crippen LogP contribution in [-0.4, -0.2) is 27.5 Å². The third-order valence-electron chi connectivity index (χ3n) is 3.60. The van der Waals surface area contributed by atoms with Gasteiger partial charge in [0.15, 0.2) is 0 Å². The summed E-state index contributed by atoms with van der Waals surface area (Å²) in [6.07, 6.45) is 4.96. The van der Waals surface area contributed by atoms with E-state index in [1.807, 2.05) is 30.1 Å². The van der Waals surface area contributed by atoms with Crippen LogP contribution in [0.2, 0.25) is 0 Å². The molecule has 2 aromatic rings. The average Bonchev–Trinajstić information content (AvgIpc) is 2.84. The summed E-state index contributed by atoms with van der Waals surface area (Å²) in [5.41, 5.74) is 2.52. The third-order valence-corrected chi connectivity index (χ3v) is 3.60. The van der Waals surface area contributed by atoms with Gasteiger partial charge in [-0.15, -0.1) is 0 Å². The molecule has 1 unspecified atom stereocenters. The predicted octanol–water partition coefficient (Wildman–Crippen LogP) is 2.28. The monoisotopic (exact) mass is 273 g/mol. The fourth-order valence-electron chi connectivity index (χ4n) is 2.24. The number of phenols is 1. The molecule has 0 aliphatic carbocycles. The molecule has 108 valence electrons. The molecule has 0 saturated heterocycles. The highest BCUT2D eigenvalue weighted by molar-refractivity contribution is 5.25. The summed E-state index contributed by atoms with van der Waals surface area (Å²) in [7, 11) is 1.98. The highest BCUT2D eigenvalue weighted by Gasteiger charge is 2.03. The topological polar surface area (TPSA) is 50.1 Å². The lowest BCUT2D eigenvalue weighted by atomic mass is 10.1. The van der Waals surface area contributed by atoms with E-state index < -0.39 is 0 Å². The summed E-state index contributed by atoms with van der Waals surface area (Å²) < 4.78 is 1.92. The van der Waals surface area contributed by atoms with Gasteiger partial charge >= 0.3 is 0 Å². The van der Waals surface area contributed by atoms with Crippen molar-refractivity contribution >= 4 is 0 Å². The van der Waals surface area contributed by atoms with Crippen molar-refractivity contribution in [2.75, 3.05) is 6.54 Å². The molecule has 4 nitrogen and oxygen atoms in total. The van der Waals surface area contributed by atoms with Crippen LogP contribution in [-0.2, 0) is 19.9 Å². The number of hydrogen-bond donors (Lipinski definition) is 2. The van der Waals surface area contributed by atoms with Crippen molar-refractivity contribution in [1.82, 2.24) is 15.1 Å². The van der Waals surface area contributed by atoms with Gasteiger partial charge in [0, 0.05) is 37.9 Å². The molecular weight excluding hydrogens is 250 g/mol. The zero-order chi connectivity index (χ0) is 14.4. The predicted molar refractivity (Wildman–Crippen MR) is 80.8 cm³/mol. The molecule has 1 aromatic heterocycles. The second kappa shape index (κ2) is 7.10. The Balaban J connectivity index is 1.66. The number of rotatable bonds is 7. The van der Waals surface area contributed by atoms with Crippen molar-refractivity contribution in [3.63, 3.8) is 0 Å². The zero-order valence-corrected chi connectivity index (χ0v) is 12.2. The van der Waals surface area contributed by atoms with Crippen LogP contribution >= 0.6 is 0 Å². The molecule has 0 radical (unpaired) electrons. The number of benzene rings is 1. The molecule has 0 bridgehead atoms. The minimum Gasteiger partial charge on any atom is -0.508 e. The first-order valence-electron chi connectivity index (χ1n) is 7.13. The van der Waals surface area contributed by atoms with E-state index in [1.165, 1.54) is 11.3 Å². The third kappa shape index (κ3) is 4.38. The van der Waals surface area contributed by atoms with E-state index >= 15 is 0 Å². The lowest BCUT2D eigenvalue weighted by Gasteiger charge is -2.13. The van der Waals surface area contributed by atoms with Gasteiger partial charge < -0.3 is 10.4 Å². The van der Waals surface area contributed by atoms with E-state index in [9.17, 15) is 5.11 Å². The van der Waals surface area contributed by atoms with E-state index in [0.717, 1.165) is 25.8 Å². The van der Waals surface area contributed by atoms with Gasteiger partial charge in [0.1, 0.15) is 5.75 Å². The highest BCUT2D eigenvalue weighted by Crippen LogP contribution is 2.11. The molecule has 0 amide bonds. The second-order valence-corrected chi connectivity index (χ2v) is 5.26. The second-order valence-electron chi connectivity index (χ2n) is 5.26. The summed E-state index contributed by atoms with van der Waals surface area (Å²) in [6.45, 7) is 3.18. The number of aromatic nitrogens is 2. The van der Waals surface area contributed by atoms with Gasteiger partial charge in [-0.2, -0.15) is 5.10 Å². The van der Waals surface area contributed by atoms with Gasteiger partial charge in [0.2, 0.25) is 0 Å². The van der Waals surface area contributed by atoms with Gasteiger partial charge in [-0.25, -0.2) is 0 Å². The maximum atomic E-state index is 9.24. The average molecular weight is 273 g/mol. The molecule has 0 saturated carbocycles. The number of phenolic OH excluding ortho intramolecular Hbond substituents is 1. The maximum absolute atomic E-state index is 9.24. The minimum atomic E-state index is 0.330. The molecule has 1 aromatic carbocycles. The molecule has 1 atom stereocenters. The molecule has 20 heavy (non-hydrogen) atoms. The Morgan fingerprint density at radius 2 is 1.95 bits per heavy atom. The molecule has 0 aliphatic rings. The normalized spacial score (nSPS) is 12.5. The van der Waals surface area contributed by atoms with Crippen LogP contribution in [0.25, 0.3) is 0 Å². The van der Waals surface area contributed by atoms with Crippen LogP contribution in [0.4, 0.5) is 0 Å². The standard InChI is InChI=1S/C16H23N3O/c1-13(3-4-14-5-7-16(20)8-6-14)17-11-9-15-10-12-18-19(15)2/h5-8,10,12-13,17,20H,3-4,9,11H2,1-2H3. The molecule has 4 heteroatoms. The van der Waals surface area contributed by atoms with Gasteiger partial charge in [0.05, 0.1) is 0 Å². The maximum Gasteiger partial charge on any atom is 0.115 e. The Labute approximate surface area is 120 Å². The van der Waals surface area contributed by atoms with Crippen molar-refractivity contribution < 1.29 is 5.11 Å². The summed E-state index contributed by atoms with van der Waals surface area (Å²) in [4.78, 5) is 0. The van der Waals surface area contributed by atoms with Crippen molar-refractivity contribution in [2.45, 2.75) is 32.2 Å². The highest BCUT2D eigenvalue weighted by atomic mass is 16.3. The smallest absolute Gasteiger partial charge is 0.115 e. The summed E-state index contributed by atoms with van der Waals surface area (Å²) in [6, 6.07) is 10.0. The Hall–Kier alpha value is -1.81. The number of aromatic hydroxyl groups is 1. The first-order valence-corrected chi connectivity index (χ1v) is 7.13. The lowest BCUT2D eigenvalue weighted by Crippen LogP contribution is -2.28. The Bertz CT molecular complexity index is 519. The van der Waals surface area contributed by atoms with Gasteiger partial charge in [0.25, 0.3) is 0 Å². The van der Waals surface area contributed by atoms with Crippen molar-refractivity contribution in [2.24, 2.45) is 7.05 Å². The van der Waals surface area contributed by atoms with E-state index in [4.69, 9.17) is 0 Å². The fourth-order valence-corrected chi connectivity index (χ4v) is 2.24. The van der Waals surface area contributed by atoms with Crippen LogP contribution in [0.15, 0.2) is 36.5 Å². The molecule has 1 heterocycles. The summed E-state index contributed by atoms with van der Waals surface area (Å²) in [5.74, 6) is 0.330. The Morgan fingerprint density at radius 3 is 2.60 bits per heavy atom. The van der Waals surface area contributed by atoms with Crippen molar-refractivity contribution in [1.29, 1.82) is 0 Å². The molecule has 0 aliphatic heterocycles. The number of nitrogens with one attached hydrogen (secondary N) is 1. The van der Waals surface area contributed by atoms with Crippen LogP contribution in [0.5, 0.6) is 5.75 Å². The van der Waals surface area contributed by atoms with E-state index in [-0.39, 0.29) is 0 Å². The Kier molecular flexibility index (Phi) is 5.18. The first-order chi connectivity index (χ1) is 9.65. The Morgan fingerprint density at radius 1 is 1.20 bits per heavy atom. The minimum absolute atomic E-state index is 0.330. The van der Waals surface area contributed by atoms with E-state index in [2.05, 4.69) is 23.4 Å². The van der Waals surface area contributed by atoms with E-state index in [0.29, 0.717) is 11.8 Å². The molecule has 2 N–H and O–H groups in total. The summed E-state index contributed by atoms with van der Waals surface area (Å²) >= 11 is 0. The van der Waals surface area contributed by atoms with Crippen LogP contribution in [0.3, 0.4) is 0 Å². The first kappa shape index (κ1) is 14.6. The molecule has 0 spiro atoms. The quantitative estimate of drug-likeness (QED) is 0.813. The lowest BCUT2D eigenvalue weighted by molar-refractivity contribution is 0.474. The van der Waals surface area contributed by atoms with Crippen LogP contribution in [0, 0.1) is 0 Å². The largest absolute Gasteiger partial charge is 0.508 e.